The number of hydrogen-bond donors (Lipinski definition) is 2. The number of imidazole rings is 1. The third kappa shape index (κ3) is 6.47. The lowest BCUT2D eigenvalue weighted by molar-refractivity contribution is 0.336. The summed E-state index contributed by atoms with van der Waals surface area (Å²) >= 11 is 0. The maximum Gasteiger partial charge on any atom is 0.191 e. The Morgan fingerprint density at radius 3 is 2.83 bits per heavy atom. The van der Waals surface area contributed by atoms with Gasteiger partial charge in [0, 0.05) is 44.6 Å². The van der Waals surface area contributed by atoms with Crippen LogP contribution in [0, 0.1) is 0 Å². The van der Waals surface area contributed by atoms with Gasteiger partial charge in [0.25, 0.3) is 0 Å². The summed E-state index contributed by atoms with van der Waals surface area (Å²) in [5.74, 6) is 1.68. The number of para-hydroxylation sites is 1. The van der Waals surface area contributed by atoms with Crippen LogP contribution in [-0.4, -0.2) is 35.7 Å². The molecule has 0 atom stereocenters. The van der Waals surface area contributed by atoms with Gasteiger partial charge in [0.1, 0.15) is 5.75 Å². The van der Waals surface area contributed by atoms with Gasteiger partial charge in [-0.05, 0) is 13.0 Å². The largest absolute Gasteiger partial charge is 0.494 e. The Balaban J connectivity index is 0.00000264. The average molecular weight is 429 g/mol. The van der Waals surface area contributed by atoms with Crippen LogP contribution in [0.3, 0.4) is 0 Å². The Bertz CT molecular complexity index is 586. The number of hydrogen-bond acceptors (Lipinski definition) is 3. The summed E-state index contributed by atoms with van der Waals surface area (Å²) in [5, 5.41) is 6.58. The monoisotopic (exact) mass is 429 g/mol. The fourth-order valence-corrected chi connectivity index (χ4v) is 2.07. The molecule has 7 heteroatoms. The molecule has 0 saturated heterocycles. The molecule has 2 rings (SSSR count). The van der Waals surface area contributed by atoms with E-state index in [0.29, 0.717) is 13.2 Å². The van der Waals surface area contributed by atoms with E-state index in [2.05, 4.69) is 26.7 Å². The van der Waals surface area contributed by atoms with Gasteiger partial charge in [-0.1, -0.05) is 18.2 Å². The number of halogens is 1. The standard InChI is InChI=1S/C16H23N5O.HI/c1-3-22-15-7-5-4-6-14(15)12-20-16(17-2)19-9-11-21-10-8-18-13-21;/h4-8,10,13H,3,9,11-12H2,1-2H3,(H2,17,19,20);1H. The topological polar surface area (TPSA) is 63.5 Å². The van der Waals surface area contributed by atoms with Gasteiger partial charge in [-0.15, -0.1) is 24.0 Å². The second kappa shape index (κ2) is 10.9. The third-order valence-corrected chi connectivity index (χ3v) is 3.16. The smallest absolute Gasteiger partial charge is 0.191 e. The highest BCUT2D eigenvalue weighted by atomic mass is 127. The number of rotatable bonds is 7. The van der Waals surface area contributed by atoms with Crippen molar-refractivity contribution in [3.8, 4) is 5.75 Å². The van der Waals surface area contributed by atoms with E-state index in [1.54, 1.807) is 19.6 Å². The van der Waals surface area contributed by atoms with Gasteiger partial charge in [0.2, 0.25) is 0 Å². The number of nitrogens with one attached hydrogen (secondary N) is 2. The molecular formula is C16H24IN5O. The van der Waals surface area contributed by atoms with Gasteiger partial charge in [-0.25, -0.2) is 4.98 Å². The summed E-state index contributed by atoms with van der Waals surface area (Å²) in [6.07, 6.45) is 5.52. The number of ether oxygens (including phenoxy) is 1. The fourth-order valence-electron chi connectivity index (χ4n) is 2.07. The minimum Gasteiger partial charge on any atom is -0.494 e. The molecular weight excluding hydrogens is 405 g/mol. The molecule has 0 radical (unpaired) electrons. The minimum atomic E-state index is 0. The molecule has 0 saturated carbocycles. The highest BCUT2D eigenvalue weighted by Gasteiger charge is 2.03. The van der Waals surface area contributed by atoms with Gasteiger partial charge in [0.15, 0.2) is 5.96 Å². The summed E-state index contributed by atoms with van der Waals surface area (Å²) in [5.41, 5.74) is 1.11. The van der Waals surface area contributed by atoms with Crippen LogP contribution in [0.15, 0.2) is 48.0 Å². The highest BCUT2D eigenvalue weighted by molar-refractivity contribution is 14.0. The van der Waals surface area contributed by atoms with Crippen molar-refractivity contribution in [3.05, 3.63) is 48.5 Å². The second-order valence-corrected chi connectivity index (χ2v) is 4.69. The Kier molecular flexibility index (Phi) is 9.11. The third-order valence-electron chi connectivity index (χ3n) is 3.16. The summed E-state index contributed by atoms with van der Waals surface area (Å²) in [6.45, 7) is 4.94. The second-order valence-electron chi connectivity index (χ2n) is 4.69. The van der Waals surface area contributed by atoms with E-state index in [4.69, 9.17) is 4.74 Å². The molecule has 1 aromatic carbocycles. The van der Waals surface area contributed by atoms with Gasteiger partial charge in [0.05, 0.1) is 12.9 Å². The van der Waals surface area contributed by atoms with Crippen molar-refractivity contribution < 1.29 is 4.74 Å². The Morgan fingerprint density at radius 1 is 1.30 bits per heavy atom. The fraction of sp³-hybridized carbons (Fsp3) is 0.375. The van der Waals surface area contributed by atoms with Crippen LogP contribution >= 0.6 is 24.0 Å². The number of aliphatic imine (C=N–C) groups is 1. The zero-order chi connectivity index (χ0) is 15.6. The van der Waals surface area contributed by atoms with E-state index in [9.17, 15) is 0 Å². The maximum absolute atomic E-state index is 5.62. The first kappa shape index (κ1) is 19.3. The maximum atomic E-state index is 5.62. The molecule has 6 nitrogen and oxygen atoms in total. The molecule has 126 valence electrons. The molecule has 0 aliphatic carbocycles. The van der Waals surface area contributed by atoms with Crippen LogP contribution < -0.4 is 15.4 Å². The number of aromatic nitrogens is 2. The summed E-state index contributed by atoms with van der Waals surface area (Å²) in [4.78, 5) is 8.25. The Morgan fingerprint density at radius 2 is 2.13 bits per heavy atom. The molecule has 0 aliphatic rings. The number of benzene rings is 1. The van der Waals surface area contributed by atoms with Crippen LogP contribution in [0.5, 0.6) is 5.75 Å². The molecule has 0 spiro atoms. The predicted octanol–water partition coefficient (Wildman–Crippen LogP) is 2.27. The molecule has 0 bridgehead atoms. The van der Waals surface area contributed by atoms with Crippen LogP contribution in [0.1, 0.15) is 12.5 Å². The van der Waals surface area contributed by atoms with E-state index >= 15 is 0 Å². The lowest BCUT2D eigenvalue weighted by Gasteiger charge is -2.14. The van der Waals surface area contributed by atoms with Crippen LogP contribution in [0.2, 0.25) is 0 Å². The van der Waals surface area contributed by atoms with Crippen LogP contribution in [0.4, 0.5) is 0 Å². The zero-order valence-corrected chi connectivity index (χ0v) is 15.9. The molecule has 0 unspecified atom stereocenters. The number of nitrogens with zero attached hydrogens (tertiary/aromatic N) is 3. The van der Waals surface area contributed by atoms with Gasteiger partial charge in [-0.3, -0.25) is 4.99 Å². The SMILES string of the molecule is CCOc1ccccc1CNC(=NC)NCCn1ccnc1.I. The average Bonchev–Trinajstić information content (AvgIpc) is 3.05. The summed E-state index contributed by atoms with van der Waals surface area (Å²) in [6, 6.07) is 8.02. The van der Waals surface area contributed by atoms with E-state index in [-0.39, 0.29) is 24.0 Å². The first-order chi connectivity index (χ1) is 10.8. The van der Waals surface area contributed by atoms with Crippen molar-refractivity contribution in [1.29, 1.82) is 0 Å². The quantitative estimate of drug-likeness (QED) is 0.403. The molecule has 1 aromatic heterocycles. The van der Waals surface area contributed by atoms with Crippen molar-refractivity contribution in [2.75, 3.05) is 20.2 Å². The lowest BCUT2D eigenvalue weighted by atomic mass is 10.2. The summed E-state index contributed by atoms with van der Waals surface area (Å²) in [7, 11) is 1.76. The van der Waals surface area contributed by atoms with E-state index in [0.717, 1.165) is 30.4 Å². The molecule has 0 fully saturated rings. The normalized spacial score (nSPS) is 10.8. The molecule has 2 aromatic rings. The van der Waals surface area contributed by atoms with E-state index in [1.165, 1.54) is 0 Å². The Hall–Kier alpha value is -1.77. The number of guanidine groups is 1. The predicted molar refractivity (Wildman–Crippen MR) is 103 cm³/mol. The van der Waals surface area contributed by atoms with Crippen LogP contribution in [0.25, 0.3) is 0 Å². The first-order valence-electron chi connectivity index (χ1n) is 7.44. The molecule has 0 amide bonds. The molecule has 23 heavy (non-hydrogen) atoms. The van der Waals surface area contributed by atoms with Crippen molar-refractivity contribution in [1.82, 2.24) is 20.2 Å². The van der Waals surface area contributed by atoms with E-state index in [1.807, 2.05) is 35.9 Å². The first-order valence-corrected chi connectivity index (χ1v) is 7.44. The van der Waals surface area contributed by atoms with Gasteiger partial charge in [-0.2, -0.15) is 0 Å². The molecule has 1 heterocycles. The Labute approximate surface area is 154 Å². The van der Waals surface area contributed by atoms with Crippen molar-refractivity contribution in [2.45, 2.75) is 20.0 Å². The molecule has 0 aliphatic heterocycles. The minimum absolute atomic E-state index is 0. The van der Waals surface area contributed by atoms with Crippen molar-refractivity contribution in [2.24, 2.45) is 4.99 Å². The lowest BCUT2D eigenvalue weighted by Crippen LogP contribution is -2.38. The van der Waals surface area contributed by atoms with E-state index < -0.39 is 0 Å². The van der Waals surface area contributed by atoms with Gasteiger partial charge < -0.3 is 19.9 Å². The summed E-state index contributed by atoms with van der Waals surface area (Å²) < 4.78 is 7.64. The van der Waals surface area contributed by atoms with Crippen molar-refractivity contribution in [3.63, 3.8) is 0 Å². The van der Waals surface area contributed by atoms with Crippen molar-refractivity contribution >= 4 is 29.9 Å². The highest BCUT2D eigenvalue weighted by Crippen LogP contribution is 2.17. The van der Waals surface area contributed by atoms with Crippen LogP contribution in [-0.2, 0) is 13.1 Å². The molecule has 2 N–H and O–H groups in total. The van der Waals surface area contributed by atoms with Gasteiger partial charge >= 0.3 is 0 Å². The zero-order valence-electron chi connectivity index (χ0n) is 13.5.